The normalized spacial score (nSPS) is 12.6. The first kappa shape index (κ1) is 38.3. The maximum Gasteiger partial charge on any atom is 0.101 e. The lowest BCUT2D eigenvalue weighted by molar-refractivity contribution is 0.773. The van der Waals surface area contributed by atoms with Crippen LogP contribution in [0, 0.1) is 22.7 Å². The number of anilines is 6. The Morgan fingerprint density at radius 2 is 0.776 bits per heavy atom. The Labute approximate surface area is 388 Å². The second-order valence-corrected chi connectivity index (χ2v) is 17.4. The molecule has 0 amide bonds. The van der Waals surface area contributed by atoms with Gasteiger partial charge in [0.25, 0.3) is 0 Å². The Hall–Kier alpha value is -9.22. The lowest BCUT2D eigenvalue weighted by Crippen LogP contribution is -2.32. The number of hydrogen-bond acceptors (Lipinski definition) is 4. The number of rotatable bonds is 6. The van der Waals surface area contributed by atoms with Gasteiger partial charge in [-0.15, -0.1) is 0 Å². The second-order valence-electron chi connectivity index (χ2n) is 17.4. The quantitative estimate of drug-likeness (QED) is 0.167. The molecule has 0 unspecified atom stereocenters. The van der Waals surface area contributed by atoms with Crippen LogP contribution in [-0.4, -0.2) is 0 Å². The van der Waals surface area contributed by atoms with Crippen molar-refractivity contribution in [3.63, 3.8) is 0 Å². The van der Waals surface area contributed by atoms with Crippen LogP contribution in [0.2, 0.25) is 0 Å². The van der Waals surface area contributed by atoms with E-state index in [-0.39, 0.29) is 0 Å². The first-order chi connectivity index (χ1) is 33.1. The van der Waals surface area contributed by atoms with E-state index in [1.165, 1.54) is 38.8 Å². The van der Waals surface area contributed by atoms with Crippen LogP contribution >= 0.6 is 0 Å². The average Bonchev–Trinajstić information content (AvgIpc) is 3.69. The first-order valence-electron chi connectivity index (χ1n) is 22.6. The van der Waals surface area contributed by atoms with Gasteiger partial charge in [0, 0.05) is 22.4 Å². The average molecular weight is 851 g/mol. The van der Waals surface area contributed by atoms with Crippen molar-refractivity contribution < 1.29 is 0 Å². The van der Waals surface area contributed by atoms with E-state index in [4.69, 9.17) is 0 Å². The Morgan fingerprint density at radius 3 is 1.40 bits per heavy atom. The van der Waals surface area contributed by atoms with Crippen molar-refractivity contribution in [2.24, 2.45) is 0 Å². The third-order valence-corrected chi connectivity index (χ3v) is 14.1. The predicted molar refractivity (Wildman–Crippen MR) is 274 cm³/mol. The molecule has 2 aliphatic carbocycles. The fourth-order valence-corrected chi connectivity index (χ4v) is 11.3. The molecule has 4 nitrogen and oxygen atoms in total. The molecule has 1 spiro atoms. The van der Waals surface area contributed by atoms with E-state index in [2.05, 4.69) is 210 Å². The molecule has 0 aromatic heterocycles. The van der Waals surface area contributed by atoms with Gasteiger partial charge >= 0.3 is 0 Å². The lowest BCUT2D eigenvalue weighted by Gasteiger charge is -2.41. The molecule has 0 fully saturated rings. The van der Waals surface area contributed by atoms with Gasteiger partial charge in [0.1, 0.15) is 12.1 Å². The number of nitriles is 2. The summed E-state index contributed by atoms with van der Waals surface area (Å²) in [5.74, 6) is 0. The molecule has 4 heteroatoms. The molecule has 11 aromatic carbocycles. The summed E-state index contributed by atoms with van der Waals surface area (Å²) in [6, 6.07) is 86.8. The Morgan fingerprint density at radius 1 is 0.313 bits per heavy atom. The van der Waals surface area contributed by atoms with Crippen LogP contribution in [0.15, 0.2) is 231 Å². The highest BCUT2D eigenvalue weighted by Gasteiger charge is 2.50. The molecule has 0 bridgehead atoms. The van der Waals surface area contributed by atoms with E-state index < -0.39 is 5.41 Å². The summed E-state index contributed by atoms with van der Waals surface area (Å²) < 4.78 is 0. The third-order valence-electron chi connectivity index (χ3n) is 14.1. The highest BCUT2D eigenvalue weighted by Crippen LogP contribution is 2.63. The standard InChI is InChI=1S/C63H38N4/c64-39-45-18-5-11-26-59(45)66(47-30-28-41-14-1-3-16-43(41)36-47)49-32-33-52-53-34-35-61(67(60-27-12-6-19-46(60)40-65)48-31-29-42-15-2-4-17-44(42)37-48)54-22-13-25-57(62(53)54)63(58(52)38-49)55-23-9-7-20-50(55)51-21-8-10-24-56(51)63/h1-38H. The predicted octanol–water partition coefficient (Wildman–Crippen LogP) is 16.2. The molecule has 0 saturated carbocycles. The van der Waals surface area contributed by atoms with Crippen molar-refractivity contribution in [3.8, 4) is 34.4 Å². The monoisotopic (exact) mass is 850 g/mol. The highest BCUT2D eigenvalue weighted by molar-refractivity contribution is 6.13. The summed E-state index contributed by atoms with van der Waals surface area (Å²) in [4.78, 5) is 4.52. The van der Waals surface area contributed by atoms with Crippen molar-refractivity contribution in [1.29, 1.82) is 10.5 Å². The zero-order chi connectivity index (χ0) is 44.6. The molecule has 13 rings (SSSR count). The maximum absolute atomic E-state index is 10.6. The number of para-hydroxylation sites is 2. The fourth-order valence-electron chi connectivity index (χ4n) is 11.3. The zero-order valence-corrected chi connectivity index (χ0v) is 36.2. The van der Waals surface area contributed by atoms with Gasteiger partial charge in [-0.1, -0.05) is 164 Å². The summed E-state index contributed by atoms with van der Waals surface area (Å²) >= 11 is 0. The van der Waals surface area contributed by atoms with E-state index in [1.54, 1.807) is 0 Å². The SMILES string of the molecule is N#Cc1ccccc1N(c1ccc2c(c1)C1(c3ccccc3-c3ccccc31)c1cccc3c(N(c4ccc5ccccc5c4)c4ccccc4C#N)ccc-2c13)c1ccc2ccccc2c1. The number of hydrogen-bond donors (Lipinski definition) is 0. The molecular weight excluding hydrogens is 813 g/mol. The van der Waals surface area contributed by atoms with Crippen molar-refractivity contribution in [1.82, 2.24) is 0 Å². The number of benzene rings is 11. The van der Waals surface area contributed by atoms with E-state index >= 15 is 0 Å². The smallest absolute Gasteiger partial charge is 0.101 e. The summed E-state index contributed by atoms with van der Waals surface area (Å²) in [5, 5.41) is 28.0. The number of nitrogens with zero attached hydrogens (tertiary/aromatic N) is 4. The molecular formula is C63H38N4. The highest BCUT2D eigenvalue weighted by atomic mass is 15.2. The molecule has 11 aromatic rings. The van der Waals surface area contributed by atoms with Gasteiger partial charge in [0.05, 0.1) is 33.6 Å². The van der Waals surface area contributed by atoms with Gasteiger partial charge in [0.15, 0.2) is 0 Å². The molecule has 0 N–H and O–H groups in total. The van der Waals surface area contributed by atoms with Crippen LogP contribution in [0.1, 0.15) is 33.4 Å². The molecule has 0 heterocycles. The maximum atomic E-state index is 10.6. The van der Waals surface area contributed by atoms with Gasteiger partial charge in [-0.2, -0.15) is 10.5 Å². The van der Waals surface area contributed by atoms with E-state index in [1.807, 2.05) is 42.5 Å². The summed E-state index contributed by atoms with van der Waals surface area (Å²) in [6.45, 7) is 0. The summed E-state index contributed by atoms with van der Waals surface area (Å²) in [7, 11) is 0. The minimum atomic E-state index is -0.716. The zero-order valence-electron chi connectivity index (χ0n) is 36.2. The molecule has 0 atom stereocenters. The van der Waals surface area contributed by atoms with E-state index in [0.717, 1.165) is 72.2 Å². The van der Waals surface area contributed by atoms with Crippen LogP contribution in [0.25, 0.3) is 54.6 Å². The second kappa shape index (κ2) is 14.9. The van der Waals surface area contributed by atoms with Crippen LogP contribution in [0.5, 0.6) is 0 Å². The molecule has 67 heavy (non-hydrogen) atoms. The van der Waals surface area contributed by atoms with Gasteiger partial charge < -0.3 is 9.80 Å². The van der Waals surface area contributed by atoms with Crippen LogP contribution in [-0.2, 0) is 5.41 Å². The largest absolute Gasteiger partial charge is 0.309 e. The van der Waals surface area contributed by atoms with Crippen molar-refractivity contribution in [3.05, 3.63) is 264 Å². The Kier molecular flexibility index (Phi) is 8.52. The summed E-state index contributed by atoms with van der Waals surface area (Å²) in [6.07, 6.45) is 0. The van der Waals surface area contributed by atoms with Crippen LogP contribution < -0.4 is 9.80 Å². The van der Waals surface area contributed by atoms with Crippen molar-refractivity contribution in [2.75, 3.05) is 9.80 Å². The molecule has 0 aliphatic heterocycles. The Balaban J connectivity index is 1.13. The van der Waals surface area contributed by atoms with Gasteiger partial charge in [0.2, 0.25) is 0 Å². The van der Waals surface area contributed by atoms with E-state index in [0.29, 0.717) is 11.1 Å². The van der Waals surface area contributed by atoms with Gasteiger partial charge in [-0.3, -0.25) is 0 Å². The molecule has 2 aliphatic rings. The third kappa shape index (κ3) is 5.58. The van der Waals surface area contributed by atoms with Crippen molar-refractivity contribution in [2.45, 2.75) is 5.41 Å². The fraction of sp³-hybridized carbons (Fsp3) is 0.0159. The first-order valence-corrected chi connectivity index (χ1v) is 22.6. The number of fused-ring (bicyclic) bond motifs is 11. The van der Waals surface area contributed by atoms with Crippen LogP contribution in [0.3, 0.4) is 0 Å². The lowest BCUT2D eigenvalue weighted by atomic mass is 9.61. The Bertz CT molecular complexity index is 3900. The van der Waals surface area contributed by atoms with Gasteiger partial charge in [-0.05, 0) is 138 Å². The molecule has 0 saturated heterocycles. The van der Waals surface area contributed by atoms with Crippen molar-refractivity contribution >= 4 is 66.4 Å². The summed E-state index contributed by atoms with van der Waals surface area (Å²) in [5.41, 5.74) is 15.6. The minimum absolute atomic E-state index is 0.594. The molecule has 0 radical (unpaired) electrons. The van der Waals surface area contributed by atoms with E-state index in [9.17, 15) is 10.5 Å². The molecule has 310 valence electrons. The van der Waals surface area contributed by atoms with Crippen LogP contribution in [0.4, 0.5) is 34.1 Å². The van der Waals surface area contributed by atoms with Gasteiger partial charge in [-0.25, -0.2) is 0 Å². The topological polar surface area (TPSA) is 54.1 Å². The minimum Gasteiger partial charge on any atom is -0.309 e.